The van der Waals surface area contributed by atoms with E-state index in [1.54, 1.807) is 6.26 Å². The van der Waals surface area contributed by atoms with Crippen LogP contribution in [0.4, 0.5) is 5.82 Å². The van der Waals surface area contributed by atoms with Crippen molar-refractivity contribution in [2.24, 2.45) is 0 Å². The lowest BCUT2D eigenvalue weighted by atomic mass is 10.3. The second kappa shape index (κ2) is 4.64. The number of furan rings is 1. The van der Waals surface area contributed by atoms with E-state index < -0.39 is 0 Å². The molecule has 2 aromatic rings. The van der Waals surface area contributed by atoms with Crippen LogP contribution in [0, 0.1) is 6.92 Å². The van der Waals surface area contributed by atoms with Gasteiger partial charge in [-0.25, -0.2) is 4.98 Å². The van der Waals surface area contributed by atoms with E-state index in [-0.39, 0.29) is 0 Å². The van der Waals surface area contributed by atoms with Gasteiger partial charge in [0.05, 0.1) is 6.26 Å². The van der Waals surface area contributed by atoms with Gasteiger partial charge in [0.15, 0.2) is 0 Å². The molecular weight excluding hydrogens is 188 g/mol. The number of aryl methyl sites for hydroxylation is 1. The normalized spacial score (nSPS) is 10.2. The molecule has 0 radical (unpaired) electrons. The number of hydrogen-bond acceptors (Lipinski definition) is 3. The summed E-state index contributed by atoms with van der Waals surface area (Å²) in [5, 5.41) is 3.25. The summed E-state index contributed by atoms with van der Waals surface area (Å²) in [6, 6.07) is 9.83. The molecule has 15 heavy (non-hydrogen) atoms. The molecule has 78 valence electrons. The summed E-state index contributed by atoms with van der Waals surface area (Å²) < 4.78 is 5.23. The zero-order valence-corrected chi connectivity index (χ0v) is 8.73. The monoisotopic (exact) mass is 202 g/mol. The van der Waals surface area contributed by atoms with E-state index in [0.717, 1.165) is 30.2 Å². The van der Waals surface area contributed by atoms with Crippen LogP contribution in [-0.2, 0) is 6.42 Å². The van der Waals surface area contributed by atoms with Crippen LogP contribution in [0.15, 0.2) is 41.0 Å². The predicted octanol–water partition coefficient (Wildman–Crippen LogP) is 2.64. The van der Waals surface area contributed by atoms with Crippen molar-refractivity contribution in [3.05, 3.63) is 48.0 Å². The molecule has 0 aliphatic carbocycles. The van der Waals surface area contributed by atoms with E-state index in [4.69, 9.17) is 4.42 Å². The smallest absolute Gasteiger partial charge is 0.126 e. The van der Waals surface area contributed by atoms with Crippen molar-refractivity contribution < 1.29 is 4.42 Å². The molecule has 3 nitrogen and oxygen atoms in total. The first-order chi connectivity index (χ1) is 7.34. The Hall–Kier alpha value is -1.77. The third-order valence-corrected chi connectivity index (χ3v) is 2.15. The summed E-state index contributed by atoms with van der Waals surface area (Å²) >= 11 is 0. The van der Waals surface area contributed by atoms with Crippen molar-refractivity contribution in [1.82, 2.24) is 4.98 Å². The third-order valence-electron chi connectivity index (χ3n) is 2.15. The Bertz CT molecular complexity index is 409. The Balaban J connectivity index is 1.83. The number of aromatic nitrogens is 1. The standard InChI is InChI=1S/C12H14N2O/c1-10-4-2-6-12(14-10)13-8-7-11-5-3-9-15-11/h2-6,9H,7-8H2,1H3,(H,13,14). The first-order valence-corrected chi connectivity index (χ1v) is 5.04. The molecule has 0 amide bonds. The number of nitrogens with zero attached hydrogens (tertiary/aromatic N) is 1. The average molecular weight is 202 g/mol. The fourth-order valence-electron chi connectivity index (χ4n) is 1.41. The molecule has 0 atom stereocenters. The molecule has 0 spiro atoms. The van der Waals surface area contributed by atoms with Gasteiger partial charge in [-0.05, 0) is 31.2 Å². The minimum Gasteiger partial charge on any atom is -0.469 e. The SMILES string of the molecule is Cc1cccc(NCCc2ccco2)n1. The molecule has 0 unspecified atom stereocenters. The van der Waals surface area contributed by atoms with Gasteiger partial charge in [0.25, 0.3) is 0 Å². The van der Waals surface area contributed by atoms with Crippen molar-refractivity contribution >= 4 is 5.82 Å². The van der Waals surface area contributed by atoms with E-state index in [1.165, 1.54) is 0 Å². The lowest BCUT2D eigenvalue weighted by Gasteiger charge is -2.04. The van der Waals surface area contributed by atoms with Gasteiger partial charge in [-0.3, -0.25) is 0 Å². The van der Waals surface area contributed by atoms with Crippen LogP contribution >= 0.6 is 0 Å². The zero-order valence-electron chi connectivity index (χ0n) is 8.73. The third kappa shape index (κ3) is 2.84. The van der Waals surface area contributed by atoms with Crippen LogP contribution in [0.1, 0.15) is 11.5 Å². The number of pyridine rings is 1. The molecule has 3 heteroatoms. The van der Waals surface area contributed by atoms with Crippen molar-refractivity contribution in [3.63, 3.8) is 0 Å². The average Bonchev–Trinajstić information content (AvgIpc) is 2.71. The van der Waals surface area contributed by atoms with Crippen LogP contribution in [0.5, 0.6) is 0 Å². The molecule has 0 aliphatic heterocycles. The van der Waals surface area contributed by atoms with E-state index in [9.17, 15) is 0 Å². The quantitative estimate of drug-likeness (QED) is 0.828. The second-order valence-corrected chi connectivity index (χ2v) is 3.42. The molecule has 0 aliphatic rings. The highest BCUT2D eigenvalue weighted by Crippen LogP contribution is 2.05. The van der Waals surface area contributed by atoms with Crippen LogP contribution < -0.4 is 5.32 Å². The molecule has 0 fully saturated rings. The molecule has 0 bridgehead atoms. The second-order valence-electron chi connectivity index (χ2n) is 3.42. The molecule has 2 aromatic heterocycles. The highest BCUT2D eigenvalue weighted by molar-refractivity contribution is 5.35. The molecule has 1 N–H and O–H groups in total. The molecule has 0 saturated heterocycles. The van der Waals surface area contributed by atoms with E-state index >= 15 is 0 Å². The predicted molar refractivity (Wildman–Crippen MR) is 59.9 cm³/mol. The first-order valence-electron chi connectivity index (χ1n) is 5.04. The summed E-state index contributed by atoms with van der Waals surface area (Å²) in [5.41, 5.74) is 1.03. The van der Waals surface area contributed by atoms with Crippen LogP contribution in [0.3, 0.4) is 0 Å². The summed E-state index contributed by atoms with van der Waals surface area (Å²) in [6.45, 7) is 2.82. The van der Waals surface area contributed by atoms with Crippen LogP contribution in [0.25, 0.3) is 0 Å². The molecule has 2 rings (SSSR count). The summed E-state index contributed by atoms with van der Waals surface area (Å²) in [5.74, 6) is 1.91. The molecular formula is C12H14N2O. The number of hydrogen-bond donors (Lipinski definition) is 1. The Morgan fingerprint density at radius 3 is 2.93 bits per heavy atom. The van der Waals surface area contributed by atoms with Gasteiger partial charge in [-0.15, -0.1) is 0 Å². The van der Waals surface area contributed by atoms with Gasteiger partial charge in [0.1, 0.15) is 11.6 Å². The first kappa shape index (κ1) is 9.77. The Morgan fingerprint density at radius 2 is 2.20 bits per heavy atom. The minimum atomic E-state index is 0.837. The number of rotatable bonds is 4. The lowest BCUT2D eigenvalue weighted by Crippen LogP contribution is -2.05. The topological polar surface area (TPSA) is 38.1 Å². The Morgan fingerprint density at radius 1 is 1.27 bits per heavy atom. The van der Waals surface area contributed by atoms with Gasteiger partial charge < -0.3 is 9.73 Å². The largest absolute Gasteiger partial charge is 0.469 e. The van der Waals surface area contributed by atoms with Crippen LogP contribution in [0.2, 0.25) is 0 Å². The van der Waals surface area contributed by atoms with Gasteiger partial charge in [-0.2, -0.15) is 0 Å². The van der Waals surface area contributed by atoms with Crippen molar-refractivity contribution in [1.29, 1.82) is 0 Å². The zero-order chi connectivity index (χ0) is 10.5. The van der Waals surface area contributed by atoms with Crippen molar-refractivity contribution in [2.75, 3.05) is 11.9 Å². The van der Waals surface area contributed by atoms with Crippen LogP contribution in [-0.4, -0.2) is 11.5 Å². The van der Waals surface area contributed by atoms with Gasteiger partial charge in [0.2, 0.25) is 0 Å². The number of anilines is 1. The van der Waals surface area contributed by atoms with Crippen molar-refractivity contribution in [2.45, 2.75) is 13.3 Å². The Kier molecular flexibility index (Phi) is 3.02. The maximum absolute atomic E-state index is 5.23. The van der Waals surface area contributed by atoms with E-state index in [1.807, 2.05) is 37.3 Å². The maximum Gasteiger partial charge on any atom is 0.126 e. The van der Waals surface area contributed by atoms with Gasteiger partial charge in [-0.1, -0.05) is 6.07 Å². The highest BCUT2D eigenvalue weighted by atomic mass is 16.3. The maximum atomic E-state index is 5.23. The number of nitrogens with one attached hydrogen (secondary N) is 1. The summed E-state index contributed by atoms with van der Waals surface area (Å²) in [4.78, 5) is 4.35. The fourth-order valence-corrected chi connectivity index (χ4v) is 1.41. The van der Waals surface area contributed by atoms with E-state index in [2.05, 4.69) is 10.3 Å². The molecule has 2 heterocycles. The Labute approximate surface area is 89.1 Å². The lowest BCUT2D eigenvalue weighted by molar-refractivity contribution is 0.513. The van der Waals surface area contributed by atoms with Gasteiger partial charge >= 0.3 is 0 Å². The summed E-state index contributed by atoms with van der Waals surface area (Å²) in [6.07, 6.45) is 2.57. The highest BCUT2D eigenvalue weighted by Gasteiger charge is 1.96. The molecule has 0 aromatic carbocycles. The summed E-state index contributed by atoms with van der Waals surface area (Å²) in [7, 11) is 0. The van der Waals surface area contributed by atoms with Crippen molar-refractivity contribution in [3.8, 4) is 0 Å². The van der Waals surface area contributed by atoms with E-state index in [0.29, 0.717) is 0 Å². The fraction of sp³-hybridized carbons (Fsp3) is 0.250. The van der Waals surface area contributed by atoms with Gasteiger partial charge in [0, 0.05) is 18.7 Å². The minimum absolute atomic E-state index is 0.837. The molecule has 0 saturated carbocycles.